The van der Waals surface area contributed by atoms with Crippen molar-refractivity contribution < 1.29 is 14.0 Å². The van der Waals surface area contributed by atoms with E-state index < -0.39 is 0 Å². The van der Waals surface area contributed by atoms with E-state index in [1.807, 2.05) is 29.3 Å². The molecule has 0 aliphatic carbocycles. The second-order valence-electron chi connectivity index (χ2n) is 5.86. The fraction of sp³-hybridized carbons (Fsp3) is 0.471. The summed E-state index contributed by atoms with van der Waals surface area (Å²) < 4.78 is 5.63. The van der Waals surface area contributed by atoms with E-state index in [2.05, 4.69) is 10.3 Å². The average molecular weight is 347 g/mol. The van der Waals surface area contributed by atoms with E-state index in [0.717, 1.165) is 30.8 Å². The zero-order valence-electron chi connectivity index (χ0n) is 13.7. The Morgan fingerprint density at radius 1 is 1.38 bits per heavy atom. The summed E-state index contributed by atoms with van der Waals surface area (Å²) in [7, 11) is 0. The van der Waals surface area contributed by atoms with E-state index >= 15 is 0 Å². The number of nitrogens with one attached hydrogen (secondary N) is 1. The van der Waals surface area contributed by atoms with Gasteiger partial charge in [-0.2, -0.15) is 0 Å². The minimum Gasteiger partial charge on any atom is -0.440 e. The molecule has 2 aromatic heterocycles. The van der Waals surface area contributed by atoms with Crippen LogP contribution in [0.1, 0.15) is 30.7 Å². The van der Waals surface area contributed by atoms with Gasteiger partial charge in [0.1, 0.15) is 5.76 Å². The van der Waals surface area contributed by atoms with E-state index in [-0.39, 0.29) is 18.2 Å². The van der Waals surface area contributed by atoms with E-state index in [9.17, 15) is 9.59 Å². The lowest BCUT2D eigenvalue weighted by Gasteiger charge is -2.15. The predicted molar refractivity (Wildman–Crippen MR) is 91.7 cm³/mol. The van der Waals surface area contributed by atoms with Crippen LogP contribution in [0, 0.1) is 6.92 Å². The molecule has 0 unspecified atom stereocenters. The van der Waals surface area contributed by atoms with Crippen LogP contribution in [0.15, 0.2) is 21.9 Å². The van der Waals surface area contributed by atoms with Crippen molar-refractivity contribution in [1.82, 2.24) is 15.2 Å². The Morgan fingerprint density at radius 2 is 2.17 bits per heavy atom. The first-order valence-electron chi connectivity index (χ1n) is 8.18. The van der Waals surface area contributed by atoms with Gasteiger partial charge in [0.05, 0.1) is 17.0 Å². The number of aryl methyl sites for hydroxylation is 1. The molecule has 1 aliphatic rings. The van der Waals surface area contributed by atoms with E-state index in [1.165, 1.54) is 0 Å². The number of carbonyl (C=O) groups is 2. The van der Waals surface area contributed by atoms with Gasteiger partial charge in [-0.25, -0.2) is 4.98 Å². The van der Waals surface area contributed by atoms with Gasteiger partial charge in [0, 0.05) is 26.1 Å². The van der Waals surface area contributed by atoms with E-state index in [4.69, 9.17) is 4.42 Å². The number of oxazole rings is 1. The maximum absolute atomic E-state index is 12.0. The van der Waals surface area contributed by atoms with E-state index in [1.54, 1.807) is 11.3 Å². The molecule has 1 N–H and O–H groups in total. The standard InChI is InChI=1S/C17H21N3O3S/c1-12-13(19-17(23-12)14-5-4-10-24-14)11-15(21)18-7-6-16(22)20-8-2-3-9-20/h4-5,10H,2-3,6-9,11H2,1H3,(H,18,21). The SMILES string of the molecule is Cc1oc(-c2cccs2)nc1CC(=O)NCCC(=O)N1CCCC1. The van der Waals surface area contributed by atoms with Crippen molar-refractivity contribution in [3.8, 4) is 10.8 Å². The fourth-order valence-electron chi connectivity index (χ4n) is 2.75. The van der Waals surface area contributed by atoms with Crippen LogP contribution in [-0.2, 0) is 16.0 Å². The van der Waals surface area contributed by atoms with E-state index in [0.29, 0.717) is 30.3 Å². The van der Waals surface area contributed by atoms with Crippen molar-refractivity contribution in [1.29, 1.82) is 0 Å². The van der Waals surface area contributed by atoms with Crippen molar-refractivity contribution in [3.05, 3.63) is 29.0 Å². The Kier molecular flexibility index (Phi) is 5.30. The van der Waals surface area contributed by atoms with Gasteiger partial charge in [0.2, 0.25) is 17.7 Å². The molecular weight excluding hydrogens is 326 g/mol. The Balaban J connectivity index is 1.47. The minimum absolute atomic E-state index is 0.116. The van der Waals surface area contributed by atoms with Crippen molar-refractivity contribution in [3.63, 3.8) is 0 Å². The molecule has 0 bridgehead atoms. The third-order valence-corrected chi connectivity index (χ3v) is 4.93. The number of aromatic nitrogens is 1. The second kappa shape index (κ2) is 7.61. The van der Waals surface area contributed by atoms with Gasteiger partial charge in [-0.05, 0) is 31.2 Å². The number of nitrogens with zero attached hydrogens (tertiary/aromatic N) is 2. The maximum Gasteiger partial charge on any atom is 0.236 e. The maximum atomic E-state index is 12.0. The summed E-state index contributed by atoms with van der Waals surface area (Å²) in [4.78, 5) is 31.2. The number of carbonyl (C=O) groups excluding carboxylic acids is 2. The zero-order chi connectivity index (χ0) is 16.9. The molecule has 1 saturated heterocycles. The largest absolute Gasteiger partial charge is 0.440 e. The molecule has 1 aliphatic heterocycles. The van der Waals surface area contributed by atoms with Crippen LogP contribution in [-0.4, -0.2) is 41.3 Å². The molecule has 24 heavy (non-hydrogen) atoms. The Morgan fingerprint density at radius 3 is 2.88 bits per heavy atom. The lowest BCUT2D eigenvalue weighted by Crippen LogP contribution is -2.33. The molecule has 0 aromatic carbocycles. The lowest BCUT2D eigenvalue weighted by atomic mass is 10.2. The summed E-state index contributed by atoms with van der Waals surface area (Å²) in [6.07, 6.45) is 2.68. The molecule has 0 atom stereocenters. The molecular formula is C17H21N3O3S. The molecule has 128 valence electrons. The average Bonchev–Trinajstić information content (AvgIpc) is 3.29. The smallest absolute Gasteiger partial charge is 0.236 e. The summed E-state index contributed by atoms with van der Waals surface area (Å²) in [5.74, 6) is 1.18. The van der Waals surface area contributed by atoms with Crippen LogP contribution in [0.4, 0.5) is 0 Å². The molecule has 7 heteroatoms. The molecule has 2 aromatic rings. The van der Waals surface area contributed by atoms with Crippen LogP contribution in [0.25, 0.3) is 10.8 Å². The number of hydrogen-bond donors (Lipinski definition) is 1. The van der Waals surface area contributed by atoms with Crippen molar-refractivity contribution in [2.45, 2.75) is 32.6 Å². The Hall–Kier alpha value is -2.15. The van der Waals surface area contributed by atoms with Crippen LogP contribution in [0.5, 0.6) is 0 Å². The highest BCUT2D eigenvalue weighted by molar-refractivity contribution is 7.13. The van der Waals surface area contributed by atoms with Crippen LogP contribution >= 0.6 is 11.3 Å². The van der Waals surface area contributed by atoms with Gasteiger partial charge in [-0.1, -0.05) is 6.07 Å². The van der Waals surface area contributed by atoms with Crippen molar-refractivity contribution in [2.24, 2.45) is 0 Å². The number of amides is 2. The molecule has 2 amide bonds. The highest BCUT2D eigenvalue weighted by atomic mass is 32.1. The molecule has 1 fully saturated rings. The molecule has 6 nitrogen and oxygen atoms in total. The zero-order valence-corrected chi connectivity index (χ0v) is 14.5. The monoisotopic (exact) mass is 347 g/mol. The first-order chi connectivity index (χ1) is 11.6. The minimum atomic E-state index is -0.140. The molecule has 3 heterocycles. The van der Waals surface area contributed by atoms with Gasteiger partial charge >= 0.3 is 0 Å². The third-order valence-electron chi connectivity index (χ3n) is 4.07. The topological polar surface area (TPSA) is 75.4 Å². The first-order valence-corrected chi connectivity index (χ1v) is 9.06. The van der Waals surface area contributed by atoms with Crippen LogP contribution in [0.2, 0.25) is 0 Å². The summed E-state index contributed by atoms with van der Waals surface area (Å²) in [6, 6.07) is 3.87. The van der Waals surface area contributed by atoms with Gasteiger partial charge in [0.15, 0.2) is 0 Å². The van der Waals surface area contributed by atoms with Gasteiger partial charge in [-0.3, -0.25) is 9.59 Å². The number of rotatable bonds is 6. The molecule has 0 radical (unpaired) electrons. The normalized spacial score (nSPS) is 14.1. The summed E-state index contributed by atoms with van der Waals surface area (Å²) >= 11 is 1.55. The Bertz CT molecular complexity index is 703. The quantitative estimate of drug-likeness (QED) is 0.870. The van der Waals surface area contributed by atoms with Gasteiger partial charge in [0.25, 0.3) is 0 Å². The summed E-state index contributed by atoms with van der Waals surface area (Å²) in [5, 5.41) is 4.75. The second-order valence-corrected chi connectivity index (χ2v) is 6.81. The van der Waals surface area contributed by atoms with Crippen molar-refractivity contribution >= 4 is 23.2 Å². The molecule has 0 saturated carbocycles. The number of hydrogen-bond acceptors (Lipinski definition) is 5. The highest BCUT2D eigenvalue weighted by Gasteiger charge is 2.18. The number of thiophene rings is 1. The Labute approximate surface area is 144 Å². The lowest BCUT2D eigenvalue weighted by molar-refractivity contribution is -0.130. The summed E-state index contributed by atoms with van der Waals surface area (Å²) in [6.45, 7) is 3.86. The highest BCUT2D eigenvalue weighted by Crippen LogP contribution is 2.26. The predicted octanol–water partition coefficient (Wildman–Crippen LogP) is 2.38. The van der Waals surface area contributed by atoms with Crippen molar-refractivity contribution in [2.75, 3.05) is 19.6 Å². The fourth-order valence-corrected chi connectivity index (χ4v) is 3.39. The van der Waals surface area contributed by atoms with Gasteiger partial charge in [-0.15, -0.1) is 11.3 Å². The molecule has 0 spiro atoms. The molecule has 3 rings (SSSR count). The van der Waals surface area contributed by atoms with Crippen LogP contribution < -0.4 is 5.32 Å². The first kappa shape index (κ1) is 16.7. The summed E-state index contributed by atoms with van der Waals surface area (Å²) in [5.41, 5.74) is 0.641. The number of likely N-dealkylation sites (tertiary alicyclic amines) is 1. The third kappa shape index (κ3) is 4.03. The van der Waals surface area contributed by atoms with Gasteiger partial charge < -0.3 is 14.6 Å². The van der Waals surface area contributed by atoms with Crippen LogP contribution in [0.3, 0.4) is 0 Å².